The second-order valence-corrected chi connectivity index (χ2v) is 9.40. The first-order valence-corrected chi connectivity index (χ1v) is 11.9. The van der Waals surface area contributed by atoms with Crippen LogP contribution in [0, 0.1) is 12.8 Å². The van der Waals surface area contributed by atoms with Crippen LogP contribution < -0.4 is 4.72 Å². The van der Waals surface area contributed by atoms with Gasteiger partial charge in [-0.15, -0.1) is 0 Å². The van der Waals surface area contributed by atoms with Crippen LogP contribution in [0.4, 0.5) is 8.78 Å². The Morgan fingerprint density at radius 2 is 2.03 bits per heavy atom. The lowest BCUT2D eigenvalue weighted by molar-refractivity contribution is 0.133. The maximum atomic E-state index is 14.0. The molecule has 0 aromatic heterocycles. The molecular weight excluding hydrogens is 414 g/mol. The number of likely N-dealkylation sites (tertiary alicyclic amines) is 1. The van der Waals surface area contributed by atoms with E-state index in [0.717, 1.165) is 37.1 Å². The number of alkyl halides is 1. The van der Waals surface area contributed by atoms with Crippen molar-refractivity contribution in [3.63, 3.8) is 0 Å². The number of nitrogens with one attached hydrogen (secondary N) is 1. The summed E-state index contributed by atoms with van der Waals surface area (Å²) in [5.41, 5.74) is 3.08. The molecule has 1 fully saturated rings. The van der Waals surface area contributed by atoms with Crippen molar-refractivity contribution < 1.29 is 13.9 Å². The summed E-state index contributed by atoms with van der Waals surface area (Å²) in [4.78, 5) is 3.39. The highest BCUT2D eigenvalue weighted by molar-refractivity contribution is 7.97. The van der Waals surface area contributed by atoms with Gasteiger partial charge in [0.2, 0.25) is 0 Å². The van der Waals surface area contributed by atoms with Crippen molar-refractivity contribution in [1.29, 1.82) is 0 Å². The van der Waals surface area contributed by atoms with Gasteiger partial charge in [-0.05, 0) is 67.6 Å². The van der Waals surface area contributed by atoms with Gasteiger partial charge in [0.05, 0.1) is 18.7 Å². The quantitative estimate of drug-likeness (QED) is 0.395. The molecule has 4 atom stereocenters. The molecular formula is C25H30F2N2OS. The van der Waals surface area contributed by atoms with Crippen LogP contribution in [0.5, 0.6) is 0 Å². The SMILES string of the molecule is Cc1ccc(SNCCCC[C@H](CO)N2C3=CCC(F)C=C3C3C=C(F)C=CC32)cc1. The van der Waals surface area contributed by atoms with Gasteiger partial charge in [0, 0.05) is 29.5 Å². The minimum Gasteiger partial charge on any atom is -0.394 e. The minimum atomic E-state index is -1.02. The van der Waals surface area contributed by atoms with Gasteiger partial charge in [-0.2, -0.15) is 0 Å². The molecule has 3 unspecified atom stereocenters. The highest BCUT2D eigenvalue weighted by Crippen LogP contribution is 2.46. The molecule has 1 aromatic carbocycles. The number of aliphatic hydroxyl groups excluding tert-OH is 1. The average Bonchev–Trinajstić information content (AvgIpc) is 3.07. The predicted octanol–water partition coefficient (Wildman–Crippen LogP) is 5.40. The van der Waals surface area contributed by atoms with Gasteiger partial charge in [0.1, 0.15) is 12.0 Å². The van der Waals surface area contributed by atoms with Gasteiger partial charge in [0.15, 0.2) is 0 Å². The molecule has 0 bridgehead atoms. The largest absolute Gasteiger partial charge is 0.394 e. The summed E-state index contributed by atoms with van der Waals surface area (Å²) in [5.74, 6) is -0.460. The van der Waals surface area contributed by atoms with Crippen molar-refractivity contribution in [3.05, 3.63) is 77.3 Å². The fourth-order valence-electron chi connectivity index (χ4n) is 4.64. The van der Waals surface area contributed by atoms with E-state index in [1.54, 1.807) is 24.1 Å². The molecule has 3 nitrogen and oxygen atoms in total. The molecule has 0 radical (unpaired) electrons. The fraction of sp³-hybridized carbons (Fsp3) is 0.440. The van der Waals surface area contributed by atoms with Crippen LogP contribution in [-0.2, 0) is 0 Å². The van der Waals surface area contributed by atoms with E-state index in [-0.39, 0.29) is 30.4 Å². The Morgan fingerprint density at radius 1 is 1.23 bits per heavy atom. The van der Waals surface area contributed by atoms with Crippen molar-refractivity contribution in [1.82, 2.24) is 9.62 Å². The summed E-state index contributed by atoms with van der Waals surface area (Å²) in [6.45, 7) is 2.99. The number of benzene rings is 1. The van der Waals surface area contributed by atoms with Gasteiger partial charge < -0.3 is 10.0 Å². The number of rotatable bonds is 9. The number of allylic oxidation sites excluding steroid dienone is 5. The topological polar surface area (TPSA) is 35.5 Å². The summed E-state index contributed by atoms with van der Waals surface area (Å²) >= 11 is 1.64. The zero-order chi connectivity index (χ0) is 21.8. The molecule has 31 heavy (non-hydrogen) atoms. The second-order valence-electron chi connectivity index (χ2n) is 8.44. The molecule has 4 rings (SSSR count). The van der Waals surface area contributed by atoms with Crippen LogP contribution in [0.25, 0.3) is 0 Å². The van der Waals surface area contributed by atoms with E-state index in [1.165, 1.54) is 16.5 Å². The Hall–Kier alpha value is -1.89. The number of aliphatic hydroxyl groups is 1. The van der Waals surface area contributed by atoms with Crippen LogP contribution in [-0.4, -0.2) is 41.4 Å². The zero-order valence-electron chi connectivity index (χ0n) is 17.8. The highest BCUT2D eigenvalue weighted by Gasteiger charge is 2.44. The zero-order valence-corrected chi connectivity index (χ0v) is 18.6. The molecule has 1 saturated heterocycles. The molecule has 0 amide bonds. The van der Waals surface area contributed by atoms with E-state index in [4.69, 9.17) is 0 Å². The predicted molar refractivity (Wildman–Crippen MR) is 123 cm³/mol. The number of hydrogen-bond acceptors (Lipinski definition) is 4. The van der Waals surface area contributed by atoms with Gasteiger partial charge in [0.25, 0.3) is 0 Å². The van der Waals surface area contributed by atoms with Crippen molar-refractivity contribution >= 4 is 11.9 Å². The molecule has 2 aliphatic carbocycles. The summed E-state index contributed by atoms with van der Waals surface area (Å²) in [6.07, 6.45) is 10.6. The Bertz CT molecular complexity index is 893. The number of aryl methyl sites for hydroxylation is 1. The molecule has 2 N–H and O–H groups in total. The van der Waals surface area contributed by atoms with Crippen molar-refractivity contribution in [2.24, 2.45) is 5.92 Å². The third kappa shape index (κ3) is 5.13. The van der Waals surface area contributed by atoms with Crippen LogP contribution >= 0.6 is 11.9 Å². The van der Waals surface area contributed by atoms with E-state index in [1.807, 2.05) is 12.2 Å². The normalized spacial score (nSPS) is 25.5. The van der Waals surface area contributed by atoms with E-state index in [2.05, 4.69) is 40.8 Å². The number of unbranched alkanes of at least 4 members (excludes halogenated alkanes) is 1. The maximum Gasteiger partial charge on any atom is 0.122 e. The Morgan fingerprint density at radius 3 is 2.81 bits per heavy atom. The van der Waals surface area contributed by atoms with Crippen molar-refractivity contribution in [2.75, 3.05) is 13.2 Å². The smallest absolute Gasteiger partial charge is 0.122 e. The van der Waals surface area contributed by atoms with E-state index in [0.29, 0.717) is 6.42 Å². The summed E-state index contributed by atoms with van der Waals surface area (Å²) in [6, 6.07) is 8.30. The summed E-state index contributed by atoms with van der Waals surface area (Å²) in [5, 5.41) is 10.1. The molecule has 3 aliphatic rings. The van der Waals surface area contributed by atoms with Gasteiger partial charge >= 0.3 is 0 Å². The van der Waals surface area contributed by atoms with Crippen molar-refractivity contribution in [2.45, 2.75) is 55.8 Å². The second kappa shape index (κ2) is 10.2. The number of halogens is 2. The third-order valence-corrected chi connectivity index (χ3v) is 7.05. The van der Waals surface area contributed by atoms with Gasteiger partial charge in [-0.1, -0.05) is 36.3 Å². The Labute approximate surface area is 187 Å². The van der Waals surface area contributed by atoms with E-state index < -0.39 is 6.17 Å². The molecule has 1 aliphatic heterocycles. The standard InChI is InChI=1S/C25H30F2N2OS/c1-17-5-9-21(10-6-17)31-28-13-3-2-4-20(16-30)29-24-11-7-18(26)14-22(24)23-15-19(27)8-12-25(23)29/h5-7,9-12,14-15,19-20,22,24,28,30H,2-4,8,13,16H2,1H3/t19?,20-,22?,24?/m1/s1. The molecule has 0 spiro atoms. The van der Waals surface area contributed by atoms with E-state index >= 15 is 0 Å². The number of hydrogen-bond donors (Lipinski definition) is 2. The first kappa shape index (κ1) is 22.3. The number of fused-ring (bicyclic) bond motifs is 3. The van der Waals surface area contributed by atoms with Crippen LogP contribution in [0.15, 0.2) is 76.6 Å². The lowest BCUT2D eigenvalue weighted by Crippen LogP contribution is -2.41. The average molecular weight is 445 g/mol. The lowest BCUT2D eigenvalue weighted by Gasteiger charge is -2.35. The minimum absolute atomic E-state index is 0.0263. The van der Waals surface area contributed by atoms with Crippen molar-refractivity contribution in [3.8, 4) is 0 Å². The van der Waals surface area contributed by atoms with Crippen LogP contribution in [0.2, 0.25) is 0 Å². The summed E-state index contributed by atoms with van der Waals surface area (Å²) < 4.78 is 31.3. The first-order chi connectivity index (χ1) is 15.1. The molecule has 166 valence electrons. The number of nitrogens with zero attached hydrogens (tertiary/aromatic N) is 1. The lowest BCUT2D eigenvalue weighted by atomic mass is 9.88. The van der Waals surface area contributed by atoms with Crippen LogP contribution in [0.1, 0.15) is 31.2 Å². The monoisotopic (exact) mass is 444 g/mol. The Balaban J connectivity index is 1.32. The third-order valence-electron chi connectivity index (χ3n) is 6.19. The molecule has 1 heterocycles. The highest BCUT2D eigenvalue weighted by atomic mass is 32.2. The fourth-order valence-corrected chi connectivity index (χ4v) is 5.32. The van der Waals surface area contributed by atoms with Gasteiger partial charge in [-0.25, -0.2) is 8.78 Å². The van der Waals surface area contributed by atoms with Crippen LogP contribution in [0.3, 0.4) is 0 Å². The van der Waals surface area contributed by atoms with E-state index in [9.17, 15) is 13.9 Å². The first-order valence-electron chi connectivity index (χ1n) is 11.0. The molecule has 6 heteroatoms. The molecule has 0 saturated carbocycles. The van der Waals surface area contributed by atoms with Gasteiger partial charge in [-0.3, -0.25) is 4.72 Å². The summed E-state index contributed by atoms with van der Waals surface area (Å²) in [7, 11) is 0. The Kier molecular flexibility index (Phi) is 7.31. The molecule has 1 aromatic rings. The maximum absolute atomic E-state index is 14.0.